The number of benzene rings is 1. The number of hydrogen-bond acceptors (Lipinski definition) is 7. The molecular formula is C38H59N7O7. The fourth-order valence-corrected chi connectivity index (χ4v) is 6.40. The summed E-state index contributed by atoms with van der Waals surface area (Å²) < 4.78 is 0. The van der Waals surface area contributed by atoms with Gasteiger partial charge in [-0.3, -0.25) is 28.8 Å². The molecule has 0 radical (unpaired) electrons. The summed E-state index contributed by atoms with van der Waals surface area (Å²) in [5.74, 6) is -4.02. The molecule has 1 saturated carbocycles. The molecule has 52 heavy (non-hydrogen) atoms. The molecule has 1 aliphatic heterocycles. The van der Waals surface area contributed by atoms with Gasteiger partial charge >= 0.3 is 6.03 Å². The van der Waals surface area contributed by atoms with Gasteiger partial charge in [-0.05, 0) is 62.3 Å². The first-order chi connectivity index (χ1) is 24.1. The van der Waals surface area contributed by atoms with Gasteiger partial charge < -0.3 is 36.4 Å². The van der Waals surface area contributed by atoms with Gasteiger partial charge in [-0.1, -0.05) is 77.8 Å². The third kappa shape index (κ3) is 11.8. The van der Waals surface area contributed by atoms with E-state index >= 15 is 0 Å². The molecule has 7 amide bonds. The molecule has 4 unspecified atom stereocenters. The number of likely N-dealkylation sites (tertiary alicyclic amines) is 1. The molecule has 288 valence electrons. The molecule has 2 fully saturated rings. The highest BCUT2D eigenvalue weighted by Crippen LogP contribution is 2.35. The summed E-state index contributed by atoms with van der Waals surface area (Å²) in [5.41, 5.74) is -0.677. The first-order valence-corrected chi connectivity index (χ1v) is 18.2. The molecule has 2 aliphatic rings. The van der Waals surface area contributed by atoms with Crippen LogP contribution in [0.1, 0.15) is 92.7 Å². The van der Waals surface area contributed by atoms with Gasteiger partial charge in [0.2, 0.25) is 29.4 Å². The van der Waals surface area contributed by atoms with Crippen molar-refractivity contribution in [3.63, 3.8) is 0 Å². The van der Waals surface area contributed by atoms with Crippen molar-refractivity contribution in [3.8, 4) is 0 Å². The maximum Gasteiger partial charge on any atom is 0.315 e. The number of nitrogens with one attached hydrogen (secondary N) is 5. The number of Topliss-reactive ketones (excluding diaryl/α,β-unsaturated/α-hetero) is 1. The minimum Gasteiger partial charge on any atom is -0.347 e. The lowest BCUT2D eigenvalue weighted by atomic mass is 9.84. The molecule has 0 aromatic heterocycles. The number of likely N-dealkylation sites (N-methyl/N-ethyl adjacent to an activating group) is 1. The van der Waals surface area contributed by atoms with Crippen LogP contribution in [0.25, 0.3) is 0 Å². The van der Waals surface area contributed by atoms with Crippen LogP contribution in [-0.4, -0.2) is 102 Å². The van der Waals surface area contributed by atoms with E-state index in [0.717, 1.165) is 12.8 Å². The van der Waals surface area contributed by atoms with E-state index in [4.69, 9.17) is 0 Å². The first kappa shape index (κ1) is 41.9. The second-order valence-corrected chi connectivity index (χ2v) is 16.8. The number of carbonyl (C=O) groups is 7. The van der Waals surface area contributed by atoms with E-state index in [2.05, 4.69) is 26.6 Å². The van der Waals surface area contributed by atoms with Crippen LogP contribution in [0.4, 0.5) is 4.79 Å². The van der Waals surface area contributed by atoms with E-state index in [1.165, 1.54) is 9.80 Å². The van der Waals surface area contributed by atoms with Crippen LogP contribution in [0.3, 0.4) is 0 Å². The molecule has 5 atom stereocenters. The van der Waals surface area contributed by atoms with Crippen molar-refractivity contribution in [1.29, 1.82) is 0 Å². The maximum atomic E-state index is 14.2. The van der Waals surface area contributed by atoms with Gasteiger partial charge in [-0.2, -0.15) is 0 Å². The van der Waals surface area contributed by atoms with Crippen LogP contribution in [0.5, 0.6) is 0 Å². The molecular weight excluding hydrogens is 666 g/mol. The molecule has 3 rings (SSSR count). The van der Waals surface area contributed by atoms with Gasteiger partial charge in [-0.15, -0.1) is 0 Å². The SMILES string of the molecule is CC(C)C1CCN(C(=O)C(NC(=O)NC(C)(C)C)C(C)(C)C)C1C(=O)NC(CC1CC1)C(=O)C(=O)NCC(=O)N[C@H](C(=O)N(C)C)c1ccccc1. The lowest BCUT2D eigenvalue weighted by molar-refractivity contribution is -0.145. The van der Waals surface area contributed by atoms with Gasteiger partial charge in [0.1, 0.15) is 18.1 Å². The molecule has 1 aromatic carbocycles. The number of carbonyl (C=O) groups excluding carboxylic acids is 7. The van der Waals surface area contributed by atoms with E-state index in [-0.39, 0.29) is 36.6 Å². The molecule has 1 heterocycles. The van der Waals surface area contributed by atoms with Crippen LogP contribution in [-0.2, 0) is 28.8 Å². The second-order valence-electron chi connectivity index (χ2n) is 16.8. The Hall–Kier alpha value is -4.49. The Morgan fingerprint density at radius 3 is 2.00 bits per heavy atom. The highest BCUT2D eigenvalue weighted by molar-refractivity contribution is 6.38. The Balaban J connectivity index is 1.76. The first-order valence-electron chi connectivity index (χ1n) is 18.2. The summed E-state index contributed by atoms with van der Waals surface area (Å²) in [7, 11) is 3.13. The zero-order valence-electron chi connectivity index (χ0n) is 32.4. The highest BCUT2D eigenvalue weighted by Gasteiger charge is 2.48. The highest BCUT2D eigenvalue weighted by atomic mass is 16.2. The normalized spacial score (nSPS) is 19.2. The molecule has 1 saturated heterocycles. The standard InChI is InChI=1S/C38H59N7O7/c1-22(2)25-18-19-45(35(51)31(37(3,4)5)42-36(52)43-38(6,7)8)29(25)32(48)40-26(20-23-16-17-23)30(47)33(49)39-21-27(46)41-28(34(50)44(9)10)24-14-12-11-13-15-24/h11-15,22-23,25-26,28-29,31H,16-21H2,1-10H3,(H,39,49)(H,40,48)(H,41,46)(H2,42,43,52)/t25?,26?,28-,29?,31?/m0/s1. The summed E-state index contributed by atoms with van der Waals surface area (Å²) in [5, 5.41) is 13.4. The number of hydrogen-bond donors (Lipinski definition) is 5. The van der Waals surface area contributed by atoms with Crippen molar-refractivity contribution < 1.29 is 33.6 Å². The quantitative estimate of drug-likeness (QED) is 0.182. The fourth-order valence-electron chi connectivity index (χ4n) is 6.40. The van der Waals surface area contributed by atoms with Gasteiger partial charge in [-0.25, -0.2) is 4.79 Å². The molecule has 14 heteroatoms. The third-order valence-corrected chi connectivity index (χ3v) is 9.39. The minimum atomic E-state index is -1.17. The van der Waals surface area contributed by atoms with Gasteiger partial charge in [0.25, 0.3) is 5.91 Å². The van der Waals surface area contributed by atoms with Crippen molar-refractivity contribution in [2.75, 3.05) is 27.2 Å². The van der Waals surface area contributed by atoms with Crippen molar-refractivity contribution in [2.45, 2.75) is 111 Å². The third-order valence-electron chi connectivity index (χ3n) is 9.39. The Kier molecular flexibility index (Phi) is 14.0. The number of urea groups is 1. The fraction of sp³-hybridized carbons (Fsp3) is 0.658. The van der Waals surface area contributed by atoms with Crippen molar-refractivity contribution >= 4 is 41.4 Å². The van der Waals surface area contributed by atoms with Crippen LogP contribution in [0.15, 0.2) is 30.3 Å². The van der Waals surface area contributed by atoms with E-state index < -0.39 is 77.1 Å². The number of amides is 7. The average molecular weight is 726 g/mol. The lowest BCUT2D eigenvalue weighted by Crippen LogP contribution is -2.62. The number of rotatable bonds is 14. The van der Waals surface area contributed by atoms with E-state index in [1.807, 2.05) is 55.4 Å². The minimum absolute atomic E-state index is 0.0114. The molecule has 1 aliphatic carbocycles. The predicted octanol–water partition coefficient (Wildman–Crippen LogP) is 2.29. The predicted molar refractivity (Wildman–Crippen MR) is 196 cm³/mol. The number of nitrogens with zero attached hydrogens (tertiary/aromatic N) is 2. The van der Waals surface area contributed by atoms with Crippen LogP contribution in [0, 0.1) is 23.2 Å². The summed E-state index contributed by atoms with van der Waals surface area (Å²) >= 11 is 0. The molecule has 0 bridgehead atoms. The van der Waals surface area contributed by atoms with Gasteiger partial charge in [0.05, 0.1) is 12.6 Å². The van der Waals surface area contributed by atoms with Crippen molar-refractivity contribution in [3.05, 3.63) is 35.9 Å². The molecule has 5 N–H and O–H groups in total. The summed E-state index contributed by atoms with van der Waals surface area (Å²) in [6, 6.07) is 4.11. The molecule has 0 spiro atoms. The van der Waals surface area contributed by atoms with E-state index in [0.29, 0.717) is 12.0 Å². The van der Waals surface area contributed by atoms with Crippen molar-refractivity contribution in [2.24, 2.45) is 23.2 Å². The molecule has 1 aromatic rings. The Labute approximate surface area is 307 Å². The second kappa shape index (κ2) is 17.4. The maximum absolute atomic E-state index is 14.2. The average Bonchev–Trinajstić information content (AvgIpc) is 3.75. The summed E-state index contributed by atoms with van der Waals surface area (Å²) in [6.45, 7) is 14.7. The largest absolute Gasteiger partial charge is 0.347 e. The summed E-state index contributed by atoms with van der Waals surface area (Å²) in [4.78, 5) is 96.5. The smallest absolute Gasteiger partial charge is 0.315 e. The zero-order valence-corrected chi connectivity index (χ0v) is 32.4. The van der Waals surface area contributed by atoms with Crippen LogP contribution in [0.2, 0.25) is 0 Å². The Morgan fingerprint density at radius 1 is 0.865 bits per heavy atom. The number of ketones is 1. The van der Waals surface area contributed by atoms with Crippen molar-refractivity contribution in [1.82, 2.24) is 36.4 Å². The zero-order chi connectivity index (χ0) is 39.1. The van der Waals surface area contributed by atoms with E-state index in [1.54, 1.807) is 44.4 Å². The lowest BCUT2D eigenvalue weighted by Gasteiger charge is -2.37. The topological polar surface area (TPSA) is 186 Å². The Morgan fingerprint density at radius 2 is 1.48 bits per heavy atom. The summed E-state index contributed by atoms with van der Waals surface area (Å²) in [6.07, 6.45) is 2.48. The monoisotopic (exact) mass is 725 g/mol. The Bertz CT molecular complexity index is 1480. The van der Waals surface area contributed by atoms with E-state index in [9.17, 15) is 33.6 Å². The van der Waals surface area contributed by atoms with Crippen LogP contribution >= 0.6 is 0 Å². The molecule has 14 nitrogen and oxygen atoms in total. The van der Waals surface area contributed by atoms with Gasteiger partial charge in [0.15, 0.2) is 0 Å². The van der Waals surface area contributed by atoms with Gasteiger partial charge in [0, 0.05) is 26.2 Å². The van der Waals surface area contributed by atoms with Crippen LogP contribution < -0.4 is 26.6 Å².